The van der Waals surface area contributed by atoms with Crippen LogP contribution in [0.1, 0.15) is 13.8 Å². The lowest BCUT2D eigenvalue weighted by Gasteiger charge is -2.19. The second-order valence-corrected chi connectivity index (χ2v) is 5.16. The molecule has 0 atom stereocenters. The maximum absolute atomic E-state index is 11.8. The first-order valence-corrected chi connectivity index (χ1v) is 7.77. The van der Waals surface area contributed by atoms with E-state index in [-0.39, 0.29) is 6.03 Å². The zero-order chi connectivity index (χ0) is 14.4. The summed E-state index contributed by atoms with van der Waals surface area (Å²) in [7, 11) is 0. The number of carbonyl (C=O) groups is 1. The van der Waals surface area contributed by atoms with Crippen molar-refractivity contribution < 1.29 is 4.79 Å². The van der Waals surface area contributed by atoms with Gasteiger partial charge in [-0.1, -0.05) is 0 Å². The molecule has 0 bridgehead atoms. The van der Waals surface area contributed by atoms with E-state index in [0.717, 1.165) is 24.3 Å². The number of aromatic nitrogens is 2. The highest BCUT2D eigenvalue weighted by molar-refractivity contribution is 7.08. The molecule has 1 N–H and O–H groups in total. The number of nitrogens with one attached hydrogen (secondary N) is 1. The standard InChI is InChI=1S/C14H20N4OS/c1-3-17(4-2)14(19)15-7-9-18-8-5-13(16-18)12-6-10-20-11-12/h5-6,8,10-11H,3-4,7,9H2,1-2H3,(H,15,19). The van der Waals surface area contributed by atoms with Crippen LogP contribution >= 0.6 is 11.3 Å². The Kier molecular flexibility index (Phi) is 5.17. The van der Waals surface area contributed by atoms with E-state index >= 15 is 0 Å². The van der Waals surface area contributed by atoms with E-state index in [1.165, 1.54) is 0 Å². The van der Waals surface area contributed by atoms with Gasteiger partial charge in [-0.15, -0.1) is 0 Å². The maximum Gasteiger partial charge on any atom is 0.317 e. The van der Waals surface area contributed by atoms with Crippen LogP contribution in [0.25, 0.3) is 11.3 Å². The first-order chi connectivity index (χ1) is 9.74. The summed E-state index contributed by atoms with van der Waals surface area (Å²) in [6, 6.07) is 4.04. The molecule has 0 aliphatic carbocycles. The predicted molar refractivity (Wildman–Crippen MR) is 81.9 cm³/mol. The topological polar surface area (TPSA) is 50.2 Å². The van der Waals surface area contributed by atoms with Crippen LogP contribution in [0.15, 0.2) is 29.1 Å². The van der Waals surface area contributed by atoms with Gasteiger partial charge in [-0.25, -0.2) is 4.79 Å². The Morgan fingerprint density at radius 1 is 1.40 bits per heavy atom. The molecule has 0 aliphatic rings. The highest BCUT2D eigenvalue weighted by atomic mass is 32.1. The molecule has 2 amide bonds. The third-order valence-corrected chi connectivity index (χ3v) is 3.81. The second kappa shape index (κ2) is 7.09. The maximum atomic E-state index is 11.8. The number of thiophene rings is 1. The third kappa shape index (κ3) is 3.60. The van der Waals surface area contributed by atoms with Crippen LogP contribution in [0.2, 0.25) is 0 Å². The zero-order valence-corrected chi connectivity index (χ0v) is 12.7. The van der Waals surface area contributed by atoms with Gasteiger partial charge in [0.15, 0.2) is 0 Å². The van der Waals surface area contributed by atoms with Crippen LogP contribution in [-0.2, 0) is 6.54 Å². The Hall–Kier alpha value is -1.82. The molecule has 0 unspecified atom stereocenters. The van der Waals surface area contributed by atoms with Crippen molar-refractivity contribution in [3.63, 3.8) is 0 Å². The Bertz CT molecular complexity index is 531. The van der Waals surface area contributed by atoms with Gasteiger partial charge < -0.3 is 10.2 Å². The highest BCUT2D eigenvalue weighted by Crippen LogP contribution is 2.19. The van der Waals surface area contributed by atoms with Crippen molar-refractivity contribution in [2.75, 3.05) is 19.6 Å². The van der Waals surface area contributed by atoms with Gasteiger partial charge in [0.2, 0.25) is 0 Å². The van der Waals surface area contributed by atoms with E-state index in [4.69, 9.17) is 0 Å². The number of amides is 2. The van der Waals surface area contributed by atoms with Gasteiger partial charge >= 0.3 is 6.03 Å². The normalized spacial score (nSPS) is 10.5. The van der Waals surface area contributed by atoms with E-state index in [1.54, 1.807) is 16.2 Å². The van der Waals surface area contributed by atoms with Gasteiger partial charge in [0.1, 0.15) is 0 Å². The lowest BCUT2D eigenvalue weighted by atomic mass is 10.2. The summed E-state index contributed by atoms with van der Waals surface area (Å²) in [6.45, 7) is 6.67. The number of carbonyl (C=O) groups excluding carboxylic acids is 1. The minimum Gasteiger partial charge on any atom is -0.336 e. The summed E-state index contributed by atoms with van der Waals surface area (Å²) in [6.07, 6.45) is 1.94. The molecule has 2 aromatic rings. The molecule has 0 aromatic carbocycles. The van der Waals surface area contributed by atoms with Gasteiger partial charge in [0.25, 0.3) is 0 Å². The molecule has 0 saturated carbocycles. The highest BCUT2D eigenvalue weighted by Gasteiger charge is 2.08. The van der Waals surface area contributed by atoms with Gasteiger partial charge in [0.05, 0.1) is 12.2 Å². The van der Waals surface area contributed by atoms with Crippen molar-refractivity contribution in [2.24, 2.45) is 0 Å². The summed E-state index contributed by atoms with van der Waals surface area (Å²) in [4.78, 5) is 13.5. The van der Waals surface area contributed by atoms with Crippen LogP contribution in [0.3, 0.4) is 0 Å². The predicted octanol–water partition coefficient (Wildman–Crippen LogP) is 2.66. The van der Waals surface area contributed by atoms with Crippen LogP contribution in [0.4, 0.5) is 4.79 Å². The third-order valence-electron chi connectivity index (χ3n) is 3.13. The Morgan fingerprint density at radius 2 is 2.20 bits per heavy atom. The second-order valence-electron chi connectivity index (χ2n) is 4.38. The number of hydrogen-bond donors (Lipinski definition) is 1. The minimum absolute atomic E-state index is 0.0137. The molecule has 108 valence electrons. The van der Waals surface area contributed by atoms with Crippen molar-refractivity contribution in [3.8, 4) is 11.3 Å². The lowest BCUT2D eigenvalue weighted by Crippen LogP contribution is -2.40. The van der Waals surface area contributed by atoms with E-state index in [1.807, 2.05) is 36.2 Å². The SMILES string of the molecule is CCN(CC)C(=O)NCCn1ccc(-c2ccsc2)n1. The van der Waals surface area contributed by atoms with Gasteiger partial charge in [-0.2, -0.15) is 16.4 Å². The van der Waals surface area contributed by atoms with Crippen molar-refractivity contribution in [3.05, 3.63) is 29.1 Å². The number of rotatable bonds is 6. The molecule has 0 radical (unpaired) electrons. The van der Waals surface area contributed by atoms with E-state index in [2.05, 4.69) is 21.9 Å². The summed E-state index contributed by atoms with van der Waals surface area (Å²) in [5.74, 6) is 0. The van der Waals surface area contributed by atoms with Crippen LogP contribution in [-0.4, -0.2) is 40.3 Å². The fraction of sp³-hybridized carbons (Fsp3) is 0.429. The first-order valence-electron chi connectivity index (χ1n) is 6.83. The quantitative estimate of drug-likeness (QED) is 0.890. The molecule has 20 heavy (non-hydrogen) atoms. The Labute approximate surface area is 123 Å². The smallest absolute Gasteiger partial charge is 0.317 e. The minimum atomic E-state index is -0.0137. The number of nitrogens with zero attached hydrogens (tertiary/aromatic N) is 3. The molecule has 2 aromatic heterocycles. The van der Waals surface area contributed by atoms with Crippen LogP contribution in [0, 0.1) is 0 Å². The molecule has 0 spiro atoms. The Balaban J connectivity index is 1.82. The largest absolute Gasteiger partial charge is 0.336 e. The molecule has 0 saturated heterocycles. The van der Waals surface area contributed by atoms with Crippen LogP contribution in [0.5, 0.6) is 0 Å². The summed E-state index contributed by atoms with van der Waals surface area (Å²) in [5.41, 5.74) is 2.11. The van der Waals surface area contributed by atoms with Gasteiger partial charge in [0, 0.05) is 36.8 Å². The average molecular weight is 292 g/mol. The molecule has 5 nitrogen and oxygen atoms in total. The molecule has 0 fully saturated rings. The zero-order valence-electron chi connectivity index (χ0n) is 11.9. The van der Waals surface area contributed by atoms with E-state index in [0.29, 0.717) is 13.1 Å². The number of urea groups is 1. The fourth-order valence-corrected chi connectivity index (χ4v) is 2.60. The van der Waals surface area contributed by atoms with Gasteiger partial charge in [-0.3, -0.25) is 4.68 Å². The van der Waals surface area contributed by atoms with E-state index in [9.17, 15) is 4.79 Å². The average Bonchev–Trinajstić information content (AvgIpc) is 3.10. The molecule has 2 rings (SSSR count). The van der Waals surface area contributed by atoms with Crippen molar-refractivity contribution >= 4 is 17.4 Å². The summed E-state index contributed by atoms with van der Waals surface area (Å²) < 4.78 is 1.86. The summed E-state index contributed by atoms with van der Waals surface area (Å²) >= 11 is 1.66. The lowest BCUT2D eigenvalue weighted by molar-refractivity contribution is 0.203. The van der Waals surface area contributed by atoms with Gasteiger partial charge in [-0.05, 0) is 31.4 Å². The molecule has 6 heteroatoms. The molecule has 2 heterocycles. The van der Waals surface area contributed by atoms with Crippen molar-refractivity contribution in [1.29, 1.82) is 0 Å². The number of hydrogen-bond acceptors (Lipinski definition) is 3. The molecule has 0 aliphatic heterocycles. The van der Waals surface area contributed by atoms with Crippen molar-refractivity contribution in [2.45, 2.75) is 20.4 Å². The van der Waals surface area contributed by atoms with E-state index < -0.39 is 0 Å². The summed E-state index contributed by atoms with van der Waals surface area (Å²) in [5, 5.41) is 11.5. The monoisotopic (exact) mass is 292 g/mol. The van der Waals surface area contributed by atoms with Crippen LogP contribution < -0.4 is 5.32 Å². The first kappa shape index (κ1) is 14.6. The molecular formula is C14H20N4OS. The fourth-order valence-electron chi connectivity index (χ4n) is 1.95. The van der Waals surface area contributed by atoms with Crippen molar-refractivity contribution in [1.82, 2.24) is 20.0 Å². The molecular weight excluding hydrogens is 272 g/mol. The Morgan fingerprint density at radius 3 is 2.85 bits per heavy atom.